The molecule has 19 heavy (non-hydrogen) atoms. The molecule has 1 fully saturated rings. The normalized spacial score (nSPS) is 16.8. The highest BCUT2D eigenvalue weighted by Crippen LogP contribution is 2.21. The van der Waals surface area contributed by atoms with Crippen LogP contribution in [0.15, 0.2) is 11.4 Å². The van der Waals surface area contributed by atoms with Crippen LogP contribution in [0.2, 0.25) is 0 Å². The molecule has 0 saturated carbocycles. The Kier molecular flexibility index (Phi) is 5.33. The van der Waals surface area contributed by atoms with E-state index in [0.717, 1.165) is 36.6 Å². The molecular weight excluding hydrogens is 260 g/mol. The summed E-state index contributed by atoms with van der Waals surface area (Å²) < 4.78 is 0. The summed E-state index contributed by atoms with van der Waals surface area (Å²) in [6.07, 6.45) is 2.35. The van der Waals surface area contributed by atoms with Gasteiger partial charge in [-0.15, -0.1) is 11.3 Å². The lowest BCUT2D eigenvalue weighted by molar-refractivity contribution is 0.0954. The summed E-state index contributed by atoms with van der Waals surface area (Å²) in [4.78, 5) is 14.9. The first kappa shape index (κ1) is 14.5. The lowest BCUT2D eigenvalue weighted by Crippen LogP contribution is -2.42. The molecule has 106 valence electrons. The monoisotopic (exact) mass is 282 g/mol. The predicted octanol–water partition coefficient (Wildman–Crippen LogP) is 0.926. The topological polar surface area (TPSA) is 70.4 Å². The average molecular weight is 282 g/mol. The molecule has 1 saturated heterocycles. The highest BCUT2D eigenvalue weighted by Gasteiger charge is 2.22. The van der Waals surface area contributed by atoms with Crippen molar-refractivity contribution in [3.05, 3.63) is 21.9 Å². The van der Waals surface area contributed by atoms with Crippen molar-refractivity contribution in [2.75, 3.05) is 19.6 Å². The molecule has 2 rings (SSSR count). The lowest BCUT2D eigenvalue weighted by Gasteiger charge is -2.33. The number of hydrazine groups is 1. The van der Waals surface area contributed by atoms with Crippen LogP contribution in [0, 0.1) is 0 Å². The molecule has 1 aromatic heterocycles. The molecule has 1 aromatic rings. The van der Waals surface area contributed by atoms with Gasteiger partial charge in [0, 0.05) is 12.6 Å². The van der Waals surface area contributed by atoms with Gasteiger partial charge in [-0.3, -0.25) is 15.1 Å². The van der Waals surface area contributed by atoms with Crippen molar-refractivity contribution in [2.45, 2.75) is 32.4 Å². The number of piperidine rings is 1. The van der Waals surface area contributed by atoms with Gasteiger partial charge in [0.2, 0.25) is 0 Å². The van der Waals surface area contributed by atoms with Gasteiger partial charge in [0.05, 0.1) is 4.88 Å². The van der Waals surface area contributed by atoms with E-state index in [9.17, 15) is 4.79 Å². The van der Waals surface area contributed by atoms with Crippen LogP contribution in [-0.2, 0) is 6.54 Å². The Hall–Kier alpha value is -0.950. The molecule has 1 amide bonds. The van der Waals surface area contributed by atoms with E-state index < -0.39 is 0 Å². The Morgan fingerprint density at radius 1 is 1.58 bits per heavy atom. The summed E-state index contributed by atoms with van der Waals surface area (Å²) in [5, 5.41) is 5.34. The van der Waals surface area contributed by atoms with Crippen LogP contribution < -0.4 is 16.6 Å². The predicted molar refractivity (Wildman–Crippen MR) is 77.9 cm³/mol. The zero-order valence-electron chi connectivity index (χ0n) is 11.3. The molecule has 0 spiro atoms. The van der Waals surface area contributed by atoms with Crippen LogP contribution in [-0.4, -0.2) is 36.5 Å². The fourth-order valence-corrected chi connectivity index (χ4v) is 3.43. The van der Waals surface area contributed by atoms with Crippen LogP contribution in [0.5, 0.6) is 0 Å². The summed E-state index contributed by atoms with van der Waals surface area (Å²) in [5.74, 6) is 5.03. The first-order valence-corrected chi connectivity index (χ1v) is 7.66. The second-order valence-electron chi connectivity index (χ2n) is 4.79. The molecule has 0 atom stereocenters. The number of thiophene rings is 1. The zero-order chi connectivity index (χ0) is 13.7. The van der Waals surface area contributed by atoms with Crippen molar-refractivity contribution < 1.29 is 4.79 Å². The van der Waals surface area contributed by atoms with Crippen LogP contribution >= 0.6 is 11.3 Å². The van der Waals surface area contributed by atoms with Crippen molar-refractivity contribution in [2.24, 2.45) is 5.84 Å². The molecule has 1 aliphatic rings. The Balaban J connectivity index is 2.05. The fourth-order valence-electron chi connectivity index (χ4n) is 2.61. The van der Waals surface area contributed by atoms with Crippen molar-refractivity contribution >= 4 is 17.2 Å². The van der Waals surface area contributed by atoms with Crippen LogP contribution in [0.25, 0.3) is 0 Å². The number of hydrogen-bond acceptors (Lipinski definition) is 5. The number of hydrogen-bond donors (Lipinski definition) is 3. The number of carbonyl (C=O) groups excluding carboxylic acids is 1. The third-order valence-corrected chi connectivity index (χ3v) is 4.64. The Morgan fingerprint density at radius 2 is 2.32 bits per heavy atom. The van der Waals surface area contributed by atoms with Crippen molar-refractivity contribution in [3.8, 4) is 0 Å². The molecule has 2 heterocycles. The largest absolute Gasteiger partial charge is 0.317 e. The maximum absolute atomic E-state index is 11.7. The second-order valence-corrected chi connectivity index (χ2v) is 5.71. The smallest absolute Gasteiger partial charge is 0.275 e. The minimum atomic E-state index is -0.189. The quantitative estimate of drug-likeness (QED) is 0.427. The Bertz CT molecular complexity index is 415. The third-order valence-electron chi connectivity index (χ3n) is 3.69. The minimum absolute atomic E-state index is 0.189. The SMILES string of the molecule is CCN(Cc1ccsc1C(=O)NN)C1CCNCC1. The maximum Gasteiger partial charge on any atom is 0.275 e. The number of nitrogens with zero attached hydrogens (tertiary/aromatic N) is 1. The summed E-state index contributed by atoms with van der Waals surface area (Å²) in [6.45, 7) is 6.18. The van der Waals surface area contributed by atoms with Gasteiger partial charge in [-0.2, -0.15) is 0 Å². The van der Waals surface area contributed by atoms with Crippen molar-refractivity contribution in [1.29, 1.82) is 0 Å². The summed E-state index contributed by atoms with van der Waals surface area (Å²) in [5.41, 5.74) is 3.30. The lowest BCUT2D eigenvalue weighted by atomic mass is 10.0. The first-order valence-electron chi connectivity index (χ1n) is 6.78. The molecule has 0 aliphatic carbocycles. The molecule has 1 aliphatic heterocycles. The van der Waals surface area contributed by atoms with E-state index in [-0.39, 0.29) is 5.91 Å². The number of nitrogen functional groups attached to an aromatic ring is 1. The van der Waals surface area contributed by atoms with Gasteiger partial charge >= 0.3 is 0 Å². The average Bonchev–Trinajstić information content (AvgIpc) is 2.93. The van der Waals surface area contributed by atoms with E-state index in [1.54, 1.807) is 0 Å². The number of amides is 1. The fraction of sp³-hybridized carbons (Fsp3) is 0.615. The summed E-state index contributed by atoms with van der Waals surface area (Å²) in [7, 11) is 0. The molecule has 5 nitrogen and oxygen atoms in total. The van der Waals surface area contributed by atoms with Gasteiger partial charge < -0.3 is 5.32 Å². The number of nitrogens with two attached hydrogens (primary N) is 1. The Labute approximate surface area is 118 Å². The van der Waals surface area contributed by atoms with E-state index in [2.05, 4.69) is 22.6 Å². The molecule has 0 bridgehead atoms. The number of rotatable bonds is 5. The zero-order valence-corrected chi connectivity index (χ0v) is 12.1. The molecular formula is C13H22N4OS. The van der Waals surface area contributed by atoms with Crippen LogP contribution in [0.4, 0.5) is 0 Å². The van der Waals surface area contributed by atoms with Crippen molar-refractivity contribution in [1.82, 2.24) is 15.6 Å². The van der Waals surface area contributed by atoms with Gasteiger partial charge in [0.15, 0.2) is 0 Å². The summed E-state index contributed by atoms with van der Waals surface area (Å²) in [6, 6.07) is 2.64. The highest BCUT2D eigenvalue weighted by molar-refractivity contribution is 7.12. The van der Waals surface area contributed by atoms with Crippen LogP contribution in [0.1, 0.15) is 35.0 Å². The van der Waals surface area contributed by atoms with Crippen molar-refractivity contribution in [3.63, 3.8) is 0 Å². The van der Waals surface area contributed by atoms with E-state index >= 15 is 0 Å². The number of carbonyl (C=O) groups is 1. The van der Waals surface area contributed by atoms with Gasteiger partial charge in [0.1, 0.15) is 0 Å². The first-order chi connectivity index (χ1) is 9.26. The standard InChI is InChI=1S/C13H22N4OS/c1-2-17(11-3-6-15-7-4-11)9-10-5-8-19-12(10)13(18)16-14/h5,8,11,15H,2-4,6-7,9,14H2,1H3,(H,16,18). The van der Waals surface area contributed by atoms with Gasteiger partial charge in [-0.1, -0.05) is 6.92 Å². The molecule has 0 unspecified atom stereocenters. The minimum Gasteiger partial charge on any atom is -0.317 e. The molecule has 6 heteroatoms. The third kappa shape index (κ3) is 3.54. The molecule has 0 radical (unpaired) electrons. The van der Waals surface area contributed by atoms with Crippen LogP contribution in [0.3, 0.4) is 0 Å². The van der Waals surface area contributed by atoms with Gasteiger partial charge in [-0.25, -0.2) is 5.84 Å². The van der Waals surface area contributed by atoms with Gasteiger partial charge in [-0.05, 0) is 49.5 Å². The summed E-state index contributed by atoms with van der Waals surface area (Å²) >= 11 is 1.45. The van der Waals surface area contributed by atoms with E-state index in [1.807, 2.05) is 11.4 Å². The second kappa shape index (κ2) is 7.00. The van der Waals surface area contributed by atoms with E-state index in [0.29, 0.717) is 6.04 Å². The van der Waals surface area contributed by atoms with E-state index in [1.165, 1.54) is 24.2 Å². The number of nitrogens with one attached hydrogen (secondary N) is 2. The highest BCUT2D eigenvalue weighted by atomic mass is 32.1. The maximum atomic E-state index is 11.7. The Morgan fingerprint density at radius 3 is 2.95 bits per heavy atom. The molecule has 4 N–H and O–H groups in total. The van der Waals surface area contributed by atoms with Gasteiger partial charge in [0.25, 0.3) is 5.91 Å². The molecule has 0 aromatic carbocycles. The van der Waals surface area contributed by atoms with E-state index in [4.69, 9.17) is 5.84 Å².